The summed E-state index contributed by atoms with van der Waals surface area (Å²) in [5, 5.41) is 0. The van der Waals surface area contributed by atoms with E-state index in [4.69, 9.17) is 9.47 Å². The average molecular weight is 497 g/mol. The Morgan fingerprint density at radius 2 is 1.53 bits per heavy atom. The van der Waals surface area contributed by atoms with Crippen molar-refractivity contribution in [2.45, 2.75) is 97.1 Å². The van der Waals surface area contributed by atoms with Crippen molar-refractivity contribution in [1.29, 1.82) is 0 Å². The first-order valence-corrected chi connectivity index (χ1v) is 14.1. The number of hydrogen-bond acceptors (Lipinski definition) is 3. The van der Waals surface area contributed by atoms with Gasteiger partial charge in [0.25, 0.3) is 0 Å². The van der Waals surface area contributed by atoms with Crippen molar-refractivity contribution in [3.8, 4) is 5.75 Å². The van der Waals surface area contributed by atoms with Crippen LogP contribution in [0, 0.1) is 0 Å². The Bertz CT molecular complexity index is 849. The summed E-state index contributed by atoms with van der Waals surface area (Å²) in [6.45, 7) is 6.55. The van der Waals surface area contributed by atoms with E-state index in [2.05, 4.69) is 69.6 Å². The van der Waals surface area contributed by atoms with Crippen molar-refractivity contribution in [3.63, 3.8) is 0 Å². The molecule has 0 saturated heterocycles. The lowest BCUT2D eigenvalue weighted by Crippen LogP contribution is -2.39. The first kappa shape index (κ1) is 29.9. The largest absolute Gasteiger partial charge is 0.487 e. The van der Waals surface area contributed by atoms with Gasteiger partial charge in [0.05, 0.1) is 20.6 Å². The number of esters is 1. The van der Waals surface area contributed by atoms with Crippen molar-refractivity contribution < 1.29 is 18.8 Å². The van der Waals surface area contributed by atoms with E-state index in [9.17, 15) is 4.79 Å². The molecule has 2 rings (SSSR count). The zero-order valence-corrected chi connectivity index (χ0v) is 23.3. The normalized spacial score (nSPS) is 12.3. The maximum Gasteiger partial charge on any atom is 0.305 e. The molecule has 0 radical (unpaired) electrons. The fourth-order valence-corrected chi connectivity index (χ4v) is 4.58. The minimum Gasteiger partial charge on any atom is -0.487 e. The summed E-state index contributed by atoms with van der Waals surface area (Å²) in [6.07, 6.45) is 12.5. The second-order valence-electron chi connectivity index (χ2n) is 10.9. The lowest BCUT2D eigenvalue weighted by Gasteiger charge is -2.30. The van der Waals surface area contributed by atoms with Crippen molar-refractivity contribution in [2.24, 2.45) is 0 Å². The summed E-state index contributed by atoms with van der Waals surface area (Å²) in [5.41, 5.74) is 2.66. The Balaban J connectivity index is 1.58. The molecule has 200 valence electrons. The Morgan fingerprint density at radius 3 is 2.28 bits per heavy atom. The van der Waals surface area contributed by atoms with E-state index in [1.165, 1.54) is 56.1 Å². The predicted molar refractivity (Wildman–Crippen MR) is 150 cm³/mol. The van der Waals surface area contributed by atoms with E-state index in [1.807, 2.05) is 13.0 Å². The second-order valence-corrected chi connectivity index (χ2v) is 10.9. The Hall–Kier alpha value is -2.33. The highest BCUT2D eigenvalue weighted by Gasteiger charge is 2.16. The minimum absolute atomic E-state index is 0.133. The number of rotatable bonds is 19. The van der Waals surface area contributed by atoms with Crippen LogP contribution < -0.4 is 4.74 Å². The minimum atomic E-state index is -0.163. The molecule has 0 aromatic heterocycles. The molecule has 4 heteroatoms. The van der Waals surface area contributed by atoms with Crippen LogP contribution in [-0.4, -0.2) is 43.8 Å². The van der Waals surface area contributed by atoms with E-state index >= 15 is 0 Å². The van der Waals surface area contributed by atoms with E-state index < -0.39 is 0 Å². The van der Waals surface area contributed by atoms with Gasteiger partial charge in [0.2, 0.25) is 0 Å². The summed E-state index contributed by atoms with van der Waals surface area (Å²) in [4.78, 5) is 12.2. The monoisotopic (exact) mass is 496 g/mol. The number of carbonyl (C=O) groups excluding carboxylic acids is 1. The second kappa shape index (κ2) is 17.2. The maximum atomic E-state index is 12.2. The number of hydrogen-bond donors (Lipinski definition) is 0. The Morgan fingerprint density at radius 1 is 0.833 bits per heavy atom. The first-order valence-electron chi connectivity index (χ1n) is 14.1. The summed E-state index contributed by atoms with van der Waals surface area (Å²) in [7, 11) is 4.49. The van der Waals surface area contributed by atoms with Crippen molar-refractivity contribution in [2.75, 3.05) is 27.2 Å². The summed E-state index contributed by atoms with van der Waals surface area (Å²) in [6, 6.07) is 18.9. The van der Waals surface area contributed by atoms with Crippen LogP contribution >= 0.6 is 0 Å². The third kappa shape index (κ3) is 13.7. The molecule has 0 aliphatic rings. The zero-order valence-electron chi connectivity index (χ0n) is 23.3. The molecule has 4 nitrogen and oxygen atoms in total. The van der Waals surface area contributed by atoms with Gasteiger partial charge in [0.1, 0.15) is 25.0 Å². The van der Waals surface area contributed by atoms with Crippen molar-refractivity contribution >= 4 is 5.97 Å². The van der Waals surface area contributed by atoms with E-state index in [0.717, 1.165) is 42.6 Å². The quantitative estimate of drug-likeness (QED) is 0.113. The van der Waals surface area contributed by atoms with Crippen LogP contribution in [0.3, 0.4) is 0 Å². The number of carbonyl (C=O) groups is 1. The topological polar surface area (TPSA) is 35.5 Å². The molecule has 0 amide bonds. The van der Waals surface area contributed by atoms with Crippen LogP contribution in [0.25, 0.3) is 0 Å². The van der Waals surface area contributed by atoms with Gasteiger partial charge in [-0.25, -0.2) is 0 Å². The molecule has 0 fully saturated rings. The van der Waals surface area contributed by atoms with E-state index in [1.54, 1.807) is 0 Å². The summed E-state index contributed by atoms with van der Waals surface area (Å²) < 4.78 is 12.4. The molecular formula is C32H50NO3+. The highest BCUT2D eigenvalue weighted by molar-refractivity contribution is 5.69. The molecular weight excluding hydrogens is 446 g/mol. The molecule has 0 bridgehead atoms. The first-order chi connectivity index (χ1) is 17.4. The summed E-state index contributed by atoms with van der Waals surface area (Å²) in [5.74, 6) is 0.726. The predicted octanol–water partition coefficient (Wildman–Crippen LogP) is 7.74. The van der Waals surface area contributed by atoms with Crippen LogP contribution in [0.4, 0.5) is 0 Å². The lowest BCUT2D eigenvalue weighted by atomic mass is 10.0. The number of unbranched alkanes of at least 4 members (excludes halogenated alkanes) is 7. The van der Waals surface area contributed by atoms with Crippen LogP contribution in [0.1, 0.15) is 89.2 Å². The molecule has 0 aliphatic heterocycles. The summed E-state index contributed by atoms with van der Waals surface area (Å²) >= 11 is 0. The molecule has 2 aromatic rings. The van der Waals surface area contributed by atoms with E-state index in [0.29, 0.717) is 6.42 Å². The molecule has 2 aromatic carbocycles. The number of aryl methyl sites for hydroxylation is 1. The molecule has 0 heterocycles. The third-order valence-corrected chi connectivity index (χ3v) is 6.63. The van der Waals surface area contributed by atoms with Gasteiger partial charge in [-0.15, -0.1) is 0 Å². The van der Waals surface area contributed by atoms with Gasteiger partial charge < -0.3 is 14.0 Å². The van der Waals surface area contributed by atoms with Gasteiger partial charge in [0, 0.05) is 12.0 Å². The molecule has 1 atom stereocenters. The Labute approximate surface area is 220 Å². The highest BCUT2D eigenvalue weighted by Crippen LogP contribution is 2.18. The van der Waals surface area contributed by atoms with Crippen LogP contribution in [0.15, 0.2) is 54.6 Å². The van der Waals surface area contributed by atoms with Gasteiger partial charge in [-0.2, -0.15) is 0 Å². The molecule has 0 saturated carbocycles. The third-order valence-electron chi connectivity index (χ3n) is 6.63. The van der Waals surface area contributed by atoms with Gasteiger partial charge in [-0.3, -0.25) is 4.79 Å². The Kier molecular flexibility index (Phi) is 14.3. The number of nitrogens with zero attached hydrogens (tertiary/aromatic N) is 1. The fraction of sp³-hybridized carbons (Fsp3) is 0.594. The van der Waals surface area contributed by atoms with Gasteiger partial charge in [-0.1, -0.05) is 87.9 Å². The van der Waals surface area contributed by atoms with Gasteiger partial charge >= 0.3 is 5.97 Å². The van der Waals surface area contributed by atoms with Crippen molar-refractivity contribution in [3.05, 3.63) is 65.7 Å². The lowest BCUT2D eigenvalue weighted by molar-refractivity contribution is -0.903. The van der Waals surface area contributed by atoms with Crippen LogP contribution in [0.2, 0.25) is 0 Å². The van der Waals surface area contributed by atoms with E-state index in [-0.39, 0.29) is 18.7 Å². The van der Waals surface area contributed by atoms with Crippen LogP contribution in [0.5, 0.6) is 5.75 Å². The van der Waals surface area contributed by atoms with Gasteiger partial charge in [0.15, 0.2) is 0 Å². The molecule has 0 aliphatic carbocycles. The molecule has 0 N–H and O–H groups in total. The molecule has 1 unspecified atom stereocenters. The van der Waals surface area contributed by atoms with Gasteiger partial charge in [-0.05, 0) is 50.3 Å². The van der Waals surface area contributed by atoms with Crippen LogP contribution in [-0.2, 0) is 22.5 Å². The standard InChI is InChI=1S/C32H50NO3/c1-5-6-7-8-9-10-12-18-29-21-17-22-31(25-29)36-28(2)27-35-32(34)23-15-16-24-33(3,4)26-30-19-13-11-14-20-30/h11,13-14,17,19-22,25,28H,5-10,12,15-16,18,23-24,26-27H2,1-4H3/q+1. The molecule has 36 heavy (non-hydrogen) atoms. The van der Waals surface area contributed by atoms with Crippen molar-refractivity contribution in [1.82, 2.24) is 0 Å². The average Bonchev–Trinajstić information content (AvgIpc) is 2.85. The number of quaternary nitrogens is 1. The highest BCUT2D eigenvalue weighted by atomic mass is 16.6. The smallest absolute Gasteiger partial charge is 0.305 e. The number of benzene rings is 2. The number of ether oxygens (including phenoxy) is 2. The zero-order chi connectivity index (χ0) is 26.1. The fourth-order valence-electron chi connectivity index (χ4n) is 4.58. The SMILES string of the molecule is CCCCCCCCCc1cccc(OC(C)COC(=O)CCCC[N+](C)(C)Cc2ccccc2)c1. The molecule has 0 spiro atoms. The maximum absolute atomic E-state index is 12.2.